The summed E-state index contributed by atoms with van der Waals surface area (Å²) in [5, 5.41) is 9.51. The first-order valence-electron chi connectivity index (χ1n) is 18.7. The van der Waals surface area contributed by atoms with E-state index in [1.165, 1.54) is 71.1 Å². The van der Waals surface area contributed by atoms with E-state index in [2.05, 4.69) is 155 Å². The minimum absolute atomic E-state index is 0.212. The predicted molar refractivity (Wildman–Crippen MR) is 239 cm³/mol. The molecule has 0 amide bonds. The van der Waals surface area contributed by atoms with Crippen molar-refractivity contribution in [2.75, 3.05) is 22.9 Å². The molecule has 56 heavy (non-hydrogen) atoms. The van der Waals surface area contributed by atoms with Crippen molar-refractivity contribution in [3.05, 3.63) is 208 Å². The van der Waals surface area contributed by atoms with Gasteiger partial charge in [0.15, 0.2) is 0 Å². The Balaban J connectivity index is 0.000000164. The molecule has 5 aromatic rings. The second-order valence-electron chi connectivity index (χ2n) is 14.2. The Hall–Kier alpha value is -5.09. The fraction of sp³-hybridized carbons (Fsp3) is 0.180. The zero-order valence-corrected chi connectivity index (χ0v) is 36.0. The number of allylic oxidation sites excluding steroid dienone is 4. The number of nitrogens with zero attached hydrogens (tertiary/aromatic N) is 3. The fourth-order valence-corrected chi connectivity index (χ4v) is 8.88. The van der Waals surface area contributed by atoms with Crippen LogP contribution in [0.1, 0.15) is 62.6 Å². The fourth-order valence-electron chi connectivity index (χ4n) is 7.32. The van der Waals surface area contributed by atoms with Crippen molar-refractivity contribution in [3.63, 3.8) is 0 Å². The van der Waals surface area contributed by atoms with Crippen LogP contribution in [0, 0.1) is 48.2 Å². The van der Waals surface area contributed by atoms with Crippen LogP contribution in [0.25, 0.3) is 5.57 Å². The normalized spacial score (nSPS) is 14.3. The summed E-state index contributed by atoms with van der Waals surface area (Å²) in [5.41, 5.74) is 18.3. The van der Waals surface area contributed by atoms with E-state index in [0.717, 1.165) is 18.7 Å². The summed E-state index contributed by atoms with van der Waals surface area (Å²) in [6, 6.07) is 35.1. The second-order valence-corrected chi connectivity index (χ2v) is 16.3. The van der Waals surface area contributed by atoms with Crippen LogP contribution < -0.4 is 9.80 Å². The topological polar surface area (TPSA) is 39.1 Å². The molecule has 1 saturated heterocycles. The molecule has 0 saturated carbocycles. The van der Waals surface area contributed by atoms with Gasteiger partial charge in [-0.3, -0.25) is 4.99 Å². The van der Waals surface area contributed by atoms with E-state index in [0.29, 0.717) is 11.3 Å². The third-order valence-corrected chi connectivity index (χ3v) is 11.6. The number of rotatable bonds is 7. The molecule has 289 valence electrons. The molecule has 7 rings (SSSR count). The first-order chi connectivity index (χ1) is 26.9. The second kappa shape index (κ2) is 19.7. The van der Waals surface area contributed by atoms with Crippen molar-refractivity contribution >= 4 is 37.0 Å². The van der Waals surface area contributed by atoms with Crippen LogP contribution in [-0.2, 0) is 15.7 Å². The van der Waals surface area contributed by atoms with Gasteiger partial charge in [0.1, 0.15) is 5.75 Å². The first kappa shape index (κ1) is 42.1. The van der Waals surface area contributed by atoms with Gasteiger partial charge in [-0.25, -0.2) is 0 Å². The maximum atomic E-state index is 9.51. The van der Waals surface area contributed by atoms with E-state index in [1.54, 1.807) is 30.5 Å². The van der Waals surface area contributed by atoms with E-state index in [4.69, 9.17) is 9.69 Å². The number of benzene rings is 5. The Labute approximate surface area is 346 Å². The first-order valence-corrected chi connectivity index (χ1v) is 21.8. The van der Waals surface area contributed by atoms with Crippen molar-refractivity contribution in [3.8, 4) is 5.75 Å². The van der Waals surface area contributed by atoms with Gasteiger partial charge in [0.2, 0.25) is 0 Å². The summed E-state index contributed by atoms with van der Waals surface area (Å²) in [7, 11) is 6.10. The van der Waals surface area contributed by atoms with E-state index in [9.17, 15) is 5.11 Å². The molecule has 2 aliphatic rings. The van der Waals surface area contributed by atoms with Gasteiger partial charge in [-0.05, 0) is 88.4 Å². The Morgan fingerprint density at radius 2 is 1.25 bits per heavy atom. The molecule has 1 heterocycles. The number of aryl methyl sites for hydroxylation is 6. The summed E-state index contributed by atoms with van der Waals surface area (Å²) in [6.07, 6.45) is 7.37. The van der Waals surface area contributed by atoms with Gasteiger partial charge in [0.05, 0.1) is 5.70 Å². The van der Waals surface area contributed by atoms with Gasteiger partial charge >= 0.3 is 112 Å². The third kappa shape index (κ3) is 10.4. The van der Waals surface area contributed by atoms with E-state index >= 15 is 0 Å². The number of aliphatic imine (C=N–C) groups is 1. The predicted octanol–water partition coefficient (Wildman–Crippen LogP) is 12.3. The van der Waals surface area contributed by atoms with Crippen LogP contribution >= 0.6 is 9.69 Å². The molecule has 0 bridgehead atoms. The molecule has 1 aliphatic carbocycles. The van der Waals surface area contributed by atoms with Gasteiger partial charge in [0, 0.05) is 36.2 Å². The Bertz CT molecular complexity index is 2230. The number of para-hydroxylation sites is 1. The monoisotopic (exact) mass is 847 g/mol. The number of anilines is 2. The van der Waals surface area contributed by atoms with Crippen molar-refractivity contribution < 1.29 is 20.8 Å². The van der Waals surface area contributed by atoms with Gasteiger partial charge < -0.3 is 14.9 Å². The molecular formula is C50H52ClN3ORu-. The summed E-state index contributed by atoms with van der Waals surface area (Å²) in [6.45, 7) is 26.9. The summed E-state index contributed by atoms with van der Waals surface area (Å²) in [5.74, 6) is 0.212. The molecule has 1 fully saturated rings. The molecule has 4 nitrogen and oxygen atoms in total. The zero-order chi connectivity index (χ0) is 40.4. The Morgan fingerprint density at radius 1 is 0.750 bits per heavy atom. The van der Waals surface area contributed by atoms with E-state index in [1.807, 2.05) is 25.1 Å². The molecule has 1 aliphatic heterocycles. The number of halogens is 1. The van der Waals surface area contributed by atoms with Crippen molar-refractivity contribution in [2.45, 2.75) is 48.5 Å². The van der Waals surface area contributed by atoms with Crippen molar-refractivity contribution in [1.29, 1.82) is 0 Å². The molecule has 1 N–H and O–H groups in total. The summed E-state index contributed by atoms with van der Waals surface area (Å²) < 4.78 is 1.30. The zero-order valence-electron chi connectivity index (χ0n) is 33.6. The molecule has 5 aromatic carbocycles. The van der Waals surface area contributed by atoms with E-state index < -0.39 is 0 Å². The van der Waals surface area contributed by atoms with E-state index in [-0.39, 0.29) is 21.4 Å². The standard InChI is InChI=1S/C21H27N2.C15H10.C14H15NO.ClH.Ru/c1-14-9-16(3)20(17(4)10-14)22-7-8-23(13-22)21-18(5)11-15(2)12-19(21)6;1-2-6-12(7-3-1)15-11-10-13-8-4-5-9-14(13)15;1-4-7-11(2)12(3)15-10-13-8-5-6-9-14(13)16;;/h9-13H,7-8H2,1-6H3;1-9,11H;4-10,16H,1,3H2,2H3;1H;/q-1;;;;+1/p-1/b;;11-7-,15-10?;;. The maximum absolute atomic E-state index is 9.51. The SMILES string of the molecule is C=C/C=C(/C)C(=C)N=Cc1ccccc1O.Cc1cc(C)c(N2[CH-]N(c3c(C)cc(C)cc3C)CC2)c(C)c1.[Cl][Ru]=[C]1C=C(c2ccccc2)c2ccccc21. The van der Waals surface area contributed by atoms with Crippen LogP contribution in [0.3, 0.4) is 0 Å². The van der Waals surface area contributed by atoms with Gasteiger partial charge in [-0.2, -0.15) is 6.67 Å². The minimum atomic E-state index is -0.218. The van der Waals surface area contributed by atoms with Crippen LogP contribution in [0.2, 0.25) is 0 Å². The number of fused-ring (bicyclic) bond motifs is 1. The quantitative estimate of drug-likeness (QED) is 0.0768. The van der Waals surface area contributed by atoms with Crippen LogP contribution in [0.15, 0.2) is 151 Å². The number of aromatic hydroxyl groups is 1. The number of phenolic OH excluding ortho intramolecular Hbond substituents is 1. The summed E-state index contributed by atoms with van der Waals surface area (Å²) in [4.78, 5) is 8.99. The van der Waals surface area contributed by atoms with Crippen LogP contribution in [0.5, 0.6) is 5.75 Å². The molecule has 0 aromatic heterocycles. The third-order valence-electron chi connectivity index (χ3n) is 9.72. The van der Waals surface area contributed by atoms with Gasteiger partial charge in [-0.1, -0.05) is 72.8 Å². The van der Waals surface area contributed by atoms with Gasteiger partial charge in [-0.15, -0.1) is 0 Å². The molecule has 0 radical (unpaired) electrons. The molecular weight excluding hydrogens is 795 g/mol. The van der Waals surface area contributed by atoms with Crippen molar-refractivity contribution in [1.82, 2.24) is 0 Å². The summed E-state index contributed by atoms with van der Waals surface area (Å²) >= 11 is -0.218. The van der Waals surface area contributed by atoms with Crippen LogP contribution in [0.4, 0.5) is 11.4 Å². The number of hydrogen-bond donors (Lipinski definition) is 1. The van der Waals surface area contributed by atoms with Gasteiger partial charge in [0.25, 0.3) is 0 Å². The van der Waals surface area contributed by atoms with Crippen LogP contribution in [-0.4, -0.2) is 28.5 Å². The number of phenols is 1. The Morgan fingerprint density at radius 3 is 1.77 bits per heavy atom. The molecule has 0 spiro atoms. The average molecular weight is 848 g/mol. The number of hydrogen-bond acceptors (Lipinski definition) is 4. The average Bonchev–Trinajstić information content (AvgIpc) is 3.80. The molecule has 0 unspecified atom stereocenters. The molecule has 0 atom stereocenters. The molecule has 6 heteroatoms. The van der Waals surface area contributed by atoms with Crippen molar-refractivity contribution in [2.24, 2.45) is 4.99 Å². The Kier molecular flexibility index (Phi) is 14.8.